The number of nitro groups is 1. The van der Waals surface area contributed by atoms with Crippen LogP contribution in [0, 0.1) is 10.1 Å². The SMILES string of the molecule is O=C(COC(=O)c1ccc(Cl)cc1[N+](=O)[O-])NC(=O)NC1CCCCC1. The van der Waals surface area contributed by atoms with Gasteiger partial charge >= 0.3 is 12.0 Å². The van der Waals surface area contributed by atoms with Crippen molar-refractivity contribution in [2.75, 3.05) is 6.61 Å². The lowest BCUT2D eigenvalue weighted by atomic mass is 9.96. The van der Waals surface area contributed by atoms with E-state index in [0.717, 1.165) is 44.2 Å². The number of imide groups is 1. The Balaban J connectivity index is 1.84. The van der Waals surface area contributed by atoms with E-state index in [-0.39, 0.29) is 16.6 Å². The summed E-state index contributed by atoms with van der Waals surface area (Å²) in [7, 11) is 0. The van der Waals surface area contributed by atoms with Crippen LogP contribution in [0.4, 0.5) is 10.5 Å². The number of esters is 1. The molecule has 2 N–H and O–H groups in total. The van der Waals surface area contributed by atoms with Gasteiger partial charge in [0.05, 0.1) is 4.92 Å². The van der Waals surface area contributed by atoms with Crippen LogP contribution in [-0.2, 0) is 9.53 Å². The third-order valence-corrected chi connectivity index (χ3v) is 4.14. The van der Waals surface area contributed by atoms with Gasteiger partial charge < -0.3 is 10.1 Å². The second-order valence-electron chi connectivity index (χ2n) is 5.85. The van der Waals surface area contributed by atoms with Crippen LogP contribution in [0.1, 0.15) is 42.5 Å². The molecule has 9 nitrogen and oxygen atoms in total. The average Bonchev–Trinajstić information content (AvgIpc) is 2.60. The summed E-state index contributed by atoms with van der Waals surface area (Å²) in [4.78, 5) is 45.5. The van der Waals surface area contributed by atoms with Crippen LogP contribution in [0.2, 0.25) is 5.02 Å². The van der Waals surface area contributed by atoms with Crippen molar-refractivity contribution in [3.63, 3.8) is 0 Å². The lowest BCUT2D eigenvalue weighted by Crippen LogP contribution is -2.46. The van der Waals surface area contributed by atoms with Crippen LogP contribution >= 0.6 is 11.6 Å². The summed E-state index contributed by atoms with van der Waals surface area (Å²) in [6.07, 6.45) is 4.89. The predicted octanol–water partition coefficient (Wildman–Crippen LogP) is 2.56. The van der Waals surface area contributed by atoms with E-state index in [9.17, 15) is 24.5 Å². The van der Waals surface area contributed by atoms with Crippen LogP contribution in [0.3, 0.4) is 0 Å². The molecule has 0 unspecified atom stereocenters. The number of hydrogen-bond donors (Lipinski definition) is 2. The molecule has 1 aliphatic rings. The molecule has 1 aromatic carbocycles. The molecule has 26 heavy (non-hydrogen) atoms. The molecule has 0 aliphatic heterocycles. The summed E-state index contributed by atoms with van der Waals surface area (Å²) < 4.78 is 4.73. The Morgan fingerprint density at radius 1 is 1.23 bits per heavy atom. The average molecular weight is 384 g/mol. The molecular formula is C16H18ClN3O6. The normalized spacial score (nSPS) is 14.3. The molecule has 0 saturated heterocycles. The summed E-state index contributed by atoms with van der Waals surface area (Å²) in [5.74, 6) is -1.89. The fourth-order valence-electron chi connectivity index (χ4n) is 2.67. The van der Waals surface area contributed by atoms with Crippen molar-refractivity contribution in [1.82, 2.24) is 10.6 Å². The van der Waals surface area contributed by atoms with Gasteiger partial charge in [-0.05, 0) is 25.0 Å². The minimum Gasteiger partial charge on any atom is -0.452 e. The van der Waals surface area contributed by atoms with Crippen LogP contribution in [0.15, 0.2) is 18.2 Å². The minimum atomic E-state index is -1.06. The summed E-state index contributed by atoms with van der Waals surface area (Å²) in [5, 5.41) is 15.8. The van der Waals surface area contributed by atoms with Crippen LogP contribution in [0.5, 0.6) is 0 Å². The number of rotatable bonds is 5. The summed E-state index contributed by atoms with van der Waals surface area (Å²) in [6, 6.07) is 2.81. The van der Waals surface area contributed by atoms with Crippen molar-refractivity contribution >= 4 is 35.2 Å². The number of urea groups is 1. The number of ether oxygens (including phenoxy) is 1. The lowest BCUT2D eigenvalue weighted by molar-refractivity contribution is -0.385. The highest BCUT2D eigenvalue weighted by atomic mass is 35.5. The molecule has 3 amide bonds. The number of nitrogens with zero attached hydrogens (tertiary/aromatic N) is 1. The van der Waals surface area contributed by atoms with Crippen molar-refractivity contribution in [2.45, 2.75) is 38.1 Å². The first-order valence-corrected chi connectivity index (χ1v) is 8.46. The molecule has 1 aliphatic carbocycles. The third kappa shape index (κ3) is 5.69. The number of carbonyl (C=O) groups is 3. The molecular weight excluding hydrogens is 366 g/mol. The quantitative estimate of drug-likeness (QED) is 0.457. The van der Waals surface area contributed by atoms with Crippen molar-refractivity contribution in [1.29, 1.82) is 0 Å². The first kappa shape index (κ1) is 19.6. The number of hydrogen-bond acceptors (Lipinski definition) is 6. The summed E-state index contributed by atoms with van der Waals surface area (Å²) in [5.41, 5.74) is -0.864. The zero-order valence-electron chi connectivity index (χ0n) is 13.8. The Bertz CT molecular complexity index is 718. The van der Waals surface area contributed by atoms with E-state index in [4.69, 9.17) is 16.3 Å². The number of benzene rings is 1. The first-order valence-electron chi connectivity index (χ1n) is 8.08. The van der Waals surface area contributed by atoms with Gasteiger partial charge in [-0.1, -0.05) is 30.9 Å². The van der Waals surface area contributed by atoms with Gasteiger partial charge in [0.2, 0.25) is 0 Å². The monoisotopic (exact) mass is 383 g/mol. The Morgan fingerprint density at radius 2 is 1.92 bits per heavy atom. The smallest absolute Gasteiger partial charge is 0.345 e. The maximum absolute atomic E-state index is 11.9. The zero-order chi connectivity index (χ0) is 19.1. The molecule has 1 fully saturated rings. The van der Waals surface area contributed by atoms with E-state index >= 15 is 0 Å². The highest BCUT2D eigenvalue weighted by Gasteiger charge is 2.23. The number of halogens is 1. The summed E-state index contributed by atoms with van der Waals surface area (Å²) in [6.45, 7) is -0.739. The van der Waals surface area contributed by atoms with Gasteiger partial charge in [0.1, 0.15) is 5.56 Å². The molecule has 0 atom stereocenters. The minimum absolute atomic E-state index is 0.0239. The van der Waals surface area contributed by atoms with Crippen molar-refractivity contribution in [3.8, 4) is 0 Å². The highest BCUT2D eigenvalue weighted by molar-refractivity contribution is 6.31. The van der Waals surface area contributed by atoms with Gasteiger partial charge in [-0.2, -0.15) is 0 Å². The Hall–Kier alpha value is -2.68. The van der Waals surface area contributed by atoms with Crippen LogP contribution in [-0.4, -0.2) is 35.5 Å². The van der Waals surface area contributed by atoms with E-state index in [1.165, 1.54) is 6.07 Å². The Labute approximate surface area is 154 Å². The molecule has 2 rings (SSSR count). The lowest BCUT2D eigenvalue weighted by Gasteiger charge is -2.22. The molecule has 0 spiro atoms. The number of nitrogens with one attached hydrogen (secondary N) is 2. The van der Waals surface area contributed by atoms with E-state index < -0.39 is 35.1 Å². The number of carbonyl (C=O) groups excluding carboxylic acids is 3. The van der Waals surface area contributed by atoms with Crippen LogP contribution in [0.25, 0.3) is 0 Å². The van der Waals surface area contributed by atoms with E-state index in [1.807, 2.05) is 0 Å². The molecule has 10 heteroatoms. The zero-order valence-corrected chi connectivity index (χ0v) is 14.6. The largest absolute Gasteiger partial charge is 0.452 e. The van der Waals surface area contributed by atoms with Crippen molar-refractivity contribution in [2.24, 2.45) is 0 Å². The number of amides is 3. The fraction of sp³-hybridized carbons (Fsp3) is 0.438. The second kappa shape index (κ2) is 9.14. The molecule has 140 valence electrons. The highest BCUT2D eigenvalue weighted by Crippen LogP contribution is 2.23. The number of nitro benzene ring substituents is 1. The van der Waals surface area contributed by atoms with Gasteiger partial charge in [-0.15, -0.1) is 0 Å². The van der Waals surface area contributed by atoms with E-state index in [2.05, 4.69) is 10.6 Å². The molecule has 0 heterocycles. The van der Waals surface area contributed by atoms with E-state index in [1.54, 1.807) is 0 Å². The fourth-order valence-corrected chi connectivity index (χ4v) is 2.83. The van der Waals surface area contributed by atoms with Crippen molar-refractivity contribution in [3.05, 3.63) is 38.9 Å². The van der Waals surface area contributed by atoms with Gasteiger partial charge in [0.25, 0.3) is 11.6 Å². The molecule has 1 saturated carbocycles. The second-order valence-corrected chi connectivity index (χ2v) is 6.29. The molecule has 0 bridgehead atoms. The van der Waals surface area contributed by atoms with Gasteiger partial charge in [0, 0.05) is 17.1 Å². The van der Waals surface area contributed by atoms with Crippen LogP contribution < -0.4 is 10.6 Å². The molecule has 1 aromatic rings. The summed E-state index contributed by atoms with van der Waals surface area (Å²) >= 11 is 5.67. The predicted molar refractivity (Wildman–Crippen MR) is 91.9 cm³/mol. The first-order chi connectivity index (χ1) is 12.4. The topological polar surface area (TPSA) is 128 Å². The maximum Gasteiger partial charge on any atom is 0.345 e. The molecule has 0 radical (unpaired) electrons. The molecule has 0 aromatic heterocycles. The van der Waals surface area contributed by atoms with Crippen molar-refractivity contribution < 1.29 is 24.0 Å². The third-order valence-electron chi connectivity index (χ3n) is 3.90. The van der Waals surface area contributed by atoms with Gasteiger partial charge in [0.15, 0.2) is 6.61 Å². The van der Waals surface area contributed by atoms with Gasteiger partial charge in [-0.3, -0.25) is 20.2 Å². The van der Waals surface area contributed by atoms with Gasteiger partial charge in [-0.25, -0.2) is 9.59 Å². The Morgan fingerprint density at radius 3 is 2.58 bits per heavy atom. The standard InChI is InChI=1S/C16H18ClN3O6/c17-10-6-7-12(13(8-10)20(24)25)15(22)26-9-14(21)19-16(23)18-11-4-2-1-3-5-11/h6-8,11H,1-5,9H2,(H2,18,19,21,23). The van der Waals surface area contributed by atoms with E-state index in [0.29, 0.717) is 0 Å². The maximum atomic E-state index is 11.9. The Kier molecular flexibility index (Phi) is 6.90.